The Balaban J connectivity index is 0. The van der Waals surface area contributed by atoms with Crippen LogP contribution in [0.15, 0.2) is 0 Å². The number of hydrogen-bond acceptors (Lipinski definition) is 7. The number of carbonyl (C=O) groups is 6. The van der Waals surface area contributed by atoms with E-state index in [0.29, 0.717) is 64.2 Å². The Kier molecular flexibility index (Phi) is 20.1. The van der Waals surface area contributed by atoms with Gasteiger partial charge in [-0.1, -0.05) is 27.7 Å². The molecule has 0 unspecified atom stereocenters. The molecule has 0 rings (SSSR count). The molecule has 0 aromatic carbocycles. The summed E-state index contributed by atoms with van der Waals surface area (Å²) in [6, 6.07) is 0. The van der Waals surface area contributed by atoms with Crippen molar-refractivity contribution in [1.82, 2.24) is 0 Å². The number of ether oxygens (including phenoxy) is 1. The summed E-state index contributed by atoms with van der Waals surface area (Å²) in [4.78, 5) is 66.2. The lowest BCUT2D eigenvalue weighted by Crippen LogP contribution is -2.11. The van der Waals surface area contributed by atoms with E-state index >= 15 is 0 Å². The first kappa shape index (κ1) is 30.0. The highest BCUT2D eigenvalue weighted by molar-refractivity contribution is 5.87. The minimum Gasteiger partial charge on any atom is -0.458 e. The maximum atomic E-state index is 11.5. The van der Waals surface area contributed by atoms with Crippen molar-refractivity contribution in [2.75, 3.05) is 6.61 Å². The second-order valence-electron chi connectivity index (χ2n) is 6.98. The van der Waals surface area contributed by atoms with E-state index in [0.717, 1.165) is 0 Å². The molecule has 0 saturated heterocycles. The molecule has 0 fully saturated rings. The Hall–Kier alpha value is -2.18. The van der Waals surface area contributed by atoms with E-state index < -0.39 is 0 Å². The molecule has 7 nitrogen and oxygen atoms in total. The summed E-state index contributed by atoms with van der Waals surface area (Å²) in [6.45, 7) is 6.99. The first-order valence-corrected chi connectivity index (χ1v) is 10.9. The Labute approximate surface area is 180 Å². The normalized spacial score (nSPS) is 9.87. The number of hydrogen-bond donors (Lipinski definition) is 0. The predicted octanol–water partition coefficient (Wildman–Crippen LogP) is 4.12. The minimum atomic E-state index is -0.318. The van der Waals surface area contributed by atoms with Crippen molar-refractivity contribution in [2.24, 2.45) is 0 Å². The predicted molar refractivity (Wildman–Crippen MR) is 114 cm³/mol. The third-order valence-electron chi connectivity index (χ3n) is 4.37. The Bertz CT molecular complexity index is 514. The third-order valence-corrected chi connectivity index (χ3v) is 4.37. The molecule has 0 atom stereocenters. The van der Waals surface area contributed by atoms with Crippen LogP contribution in [0.2, 0.25) is 0 Å². The monoisotopic (exact) mass is 426 g/mol. The lowest BCUT2D eigenvalue weighted by molar-refractivity contribution is -0.147. The highest BCUT2D eigenvalue weighted by Gasteiger charge is 2.09. The van der Waals surface area contributed by atoms with E-state index in [1.165, 1.54) is 0 Å². The standard InChI is InChI=1S/C16H26O4.C7H12O3/c1-3-13(17)7-5-9-15(19)11-12-16(20)10-6-8-14(18)4-2;1-3-6(8)5-10-7(9)4-2/h3-12H2,1-2H3;3-5H2,1-2H3. The van der Waals surface area contributed by atoms with Crippen LogP contribution in [0, 0.1) is 0 Å². The van der Waals surface area contributed by atoms with Crippen molar-refractivity contribution in [3.8, 4) is 0 Å². The highest BCUT2D eigenvalue weighted by atomic mass is 16.5. The van der Waals surface area contributed by atoms with Crippen LogP contribution in [0.1, 0.15) is 105 Å². The lowest BCUT2D eigenvalue weighted by atomic mass is 10.0. The van der Waals surface area contributed by atoms with Gasteiger partial charge in [0.2, 0.25) is 0 Å². The van der Waals surface area contributed by atoms with Crippen LogP contribution in [0.3, 0.4) is 0 Å². The fraction of sp³-hybridized carbons (Fsp3) is 0.739. The van der Waals surface area contributed by atoms with Crippen LogP contribution in [0.25, 0.3) is 0 Å². The lowest BCUT2D eigenvalue weighted by Gasteiger charge is -2.01. The van der Waals surface area contributed by atoms with E-state index in [-0.39, 0.29) is 54.3 Å². The smallest absolute Gasteiger partial charge is 0.305 e. The summed E-state index contributed by atoms with van der Waals surface area (Å²) in [7, 11) is 0. The van der Waals surface area contributed by atoms with Crippen molar-refractivity contribution < 1.29 is 33.5 Å². The van der Waals surface area contributed by atoms with Gasteiger partial charge in [-0.2, -0.15) is 0 Å². The van der Waals surface area contributed by atoms with Crippen molar-refractivity contribution in [3.05, 3.63) is 0 Å². The molecule has 0 aromatic heterocycles. The first-order chi connectivity index (χ1) is 14.2. The van der Waals surface area contributed by atoms with Gasteiger partial charge >= 0.3 is 5.97 Å². The molecule has 0 heterocycles. The van der Waals surface area contributed by atoms with Gasteiger partial charge in [-0.15, -0.1) is 0 Å². The summed E-state index contributed by atoms with van der Waals surface area (Å²) >= 11 is 0. The van der Waals surface area contributed by atoms with Gasteiger partial charge in [0, 0.05) is 64.2 Å². The third kappa shape index (κ3) is 20.6. The van der Waals surface area contributed by atoms with Gasteiger partial charge < -0.3 is 4.74 Å². The number of Topliss-reactive ketones (excluding diaryl/α,β-unsaturated/α-hetero) is 5. The second-order valence-corrected chi connectivity index (χ2v) is 6.98. The molecule has 0 aromatic rings. The molecule has 0 aliphatic heterocycles. The van der Waals surface area contributed by atoms with Crippen molar-refractivity contribution in [3.63, 3.8) is 0 Å². The zero-order valence-corrected chi connectivity index (χ0v) is 19.1. The Morgan fingerprint density at radius 2 is 0.833 bits per heavy atom. The van der Waals surface area contributed by atoms with E-state index in [9.17, 15) is 28.8 Å². The molecular formula is C23H38O7. The van der Waals surface area contributed by atoms with Gasteiger partial charge in [0.15, 0.2) is 5.78 Å². The van der Waals surface area contributed by atoms with Crippen LogP contribution in [-0.2, 0) is 33.5 Å². The van der Waals surface area contributed by atoms with Crippen molar-refractivity contribution >= 4 is 34.9 Å². The molecule has 0 radical (unpaired) electrons. The van der Waals surface area contributed by atoms with E-state index in [4.69, 9.17) is 0 Å². The molecule has 0 bridgehead atoms. The second kappa shape index (κ2) is 20.1. The number of rotatable bonds is 17. The maximum Gasteiger partial charge on any atom is 0.305 e. The molecule has 0 saturated carbocycles. The summed E-state index contributed by atoms with van der Waals surface area (Å²) in [5, 5.41) is 0. The van der Waals surface area contributed by atoms with Crippen LogP contribution in [-0.4, -0.2) is 41.5 Å². The SMILES string of the molecule is CCC(=O)CCCC(=O)CCC(=O)CCCC(=O)CC.CCC(=O)COC(=O)CC. The van der Waals surface area contributed by atoms with Gasteiger partial charge in [-0.25, -0.2) is 0 Å². The van der Waals surface area contributed by atoms with Gasteiger partial charge in [0.05, 0.1) is 0 Å². The molecule has 0 amide bonds. The van der Waals surface area contributed by atoms with Gasteiger partial charge in [0.1, 0.15) is 29.7 Å². The average molecular weight is 427 g/mol. The van der Waals surface area contributed by atoms with E-state index in [1.54, 1.807) is 13.8 Å². The van der Waals surface area contributed by atoms with Gasteiger partial charge in [0.25, 0.3) is 0 Å². The van der Waals surface area contributed by atoms with Crippen molar-refractivity contribution in [2.45, 2.75) is 105 Å². The summed E-state index contributed by atoms with van der Waals surface area (Å²) in [5.41, 5.74) is 0. The summed E-state index contributed by atoms with van der Waals surface area (Å²) in [6.07, 6.45) is 5.17. The zero-order valence-electron chi connectivity index (χ0n) is 19.1. The van der Waals surface area contributed by atoms with Crippen molar-refractivity contribution in [1.29, 1.82) is 0 Å². The first-order valence-electron chi connectivity index (χ1n) is 10.9. The van der Waals surface area contributed by atoms with Crippen LogP contribution >= 0.6 is 0 Å². The number of esters is 1. The zero-order chi connectivity index (χ0) is 23.4. The van der Waals surface area contributed by atoms with E-state index in [2.05, 4.69) is 4.74 Å². The van der Waals surface area contributed by atoms with Crippen LogP contribution in [0.4, 0.5) is 0 Å². The molecule has 0 N–H and O–H groups in total. The molecule has 0 spiro atoms. The highest BCUT2D eigenvalue weighted by Crippen LogP contribution is 2.07. The van der Waals surface area contributed by atoms with Crippen LogP contribution in [0.5, 0.6) is 0 Å². The Morgan fingerprint density at radius 3 is 1.17 bits per heavy atom. The molecular weight excluding hydrogens is 388 g/mol. The summed E-state index contributed by atoms with van der Waals surface area (Å²) < 4.78 is 4.56. The van der Waals surface area contributed by atoms with E-state index in [1.807, 2.05) is 13.8 Å². The largest absolute Gasteiger partial charge is 0.458 e. The molecule has 30 heavy (non-hydrogen) atoms. The molecule has 0 aliphatic rings. The number of carbonyl (C=O) groups excluding carboxylic acids is 6. The minimum absolute atomic E-state index is 0.0400. The fourth-order valence-corrected chi connectivity index (χ4v) is 2.21. The molecule has 0 aliphatic carbocycles. The Morgan fingerprint density at radius 1 is 0.467 bits per heavy atom. The average Bonchev–Trinajstić information content (AvgIpc) is 2.75. The van der Waals surface area contributed by atoms with Gasteiger partial charge in [-0.05, 0) is 12.8 Å². The fourth-order valence-electron chi connectivity index (χ4n) is 2.21. The number of ketones is 5. The topological polar surface area (TPSA) is 112 Å². The molecule has 172 valence electrons. The van der Waals surface area contributed by atoms with Gasteiger partial charge in [-0.3, -0.25) is 28.8 Å². The van der Waals surface area contributed by atoms with Crippen LogP contribution < -0.4 is 0 Å². The molecule has 7 heteroatoms. The summed E-state index contributed by atoms with van der Waals surface area (Å²) in [5.74, 6) is 0.0892. The maximum absolute atomic E-state index is 11.5. The quantitative estimate of drug-likeness (QED) is 0.322.